The van der Waals surface area contributed by atoms with Gasteiger partial charge in [0.25, 0.3) is 11.4 Å². The Morgan fingerprint density at radius 2 is 1.88 bits per heavy atom. The van der Waals surface area contributed by atoms with Gasteiger partial charge in [-0.2, -0.15) is 0 Å². The molecule has 0 saturated carbocycles. The van der Waals surface area contributed by atoms with Gasteiger partial charge in [-0.3, -0.25) is 10.1 Å². The molecule has 0 aliphatic rings. The van der Waals surface area contributed by atoms with Crippen LogP contribution < -0.4 is 0 Å². The third kappa shape index (κ3) is 2.00. The van der Waals surface area contributed by atoms with E-state index in [9.17, 15) is 24.9 Å². The first-order valence-corrected chi connectivity index (χ1v) is 4.07. The maximum absolute atomic E-state index is 11.2. The van der Waals surface area contributed by atoms with Gasteiger partial charge in [0.2, 0.25) is 0 Å². The van der Waals surface area contributed by atoms with E-state index in [0.717, 1.165) is 14.2 Å². The molecule has 1 N–H and O–H groups in total. The van der Waals surface area contributed by atoms with E-state index in [1.807, 2.05) is 0 Å². The number of methoxy groups -OCH3 is 2. The predicted molar refractivity (Wildman–Crippen MR) is 48.7 cm³/mol. The second-order valence-electron chi connectivity index (χ2n) is 2.68. The first-order valence-electron chi connectivity index (χ1n) is 4.07. The third-order valence-electron chi connectivity index (χ3n) is 1.78. The largest absolute Gasteiger partial charge is 0.464 e. The fourth-order valence-corrected chi connectivity index (χ4v) is 1.08. The molecule has 1 heterocycles. The van der Waals surface area contributed by atoms with Crippen molar-refractivity contribution in [3.8, 4) is 0 Å². The van der Waals surface area contributed by atoms with E-state index < -0.39 is 33.9 Å². The number of hydrogen-bond acceptors (Lipinski definition) is 8. The van der Waals surface area contributed by atoms with E-state index in [0.29, 0.717) is 0 Å². The number of hydrogen-bond donors (Lipinski definition) is 1. The van der Waals surface area contributed by atoms with Crippen LogP contribution in [0.1, 0.15) is 21.0 Å². The molecule has 0 aliphatic carbocycles. The smallest absolute Gasteiger partial charge is 0.367 e. The molecule has 0 unspecified atom stereocenters. The van der Waals surface area contributed by atoms with Gasteiger partial charge in [0.15, 0.2) is 0 Å². The van der Waals surface area contributed by atoms with Crippen molar-refractivity contribution in [1.29, 1.82) is 0 Å². The summed E-state index contributed by atoms with van der Waals surface area (Å²) in [4.78, 5) is 31.9. The summed E-state index contributed by atoms with van der Waals surface area (Å²) in [6.45, 7) is 0. The quantitative estimate of drug-likeness (QED) is 0.329. The highest BCUT2D eigenvalue weighted by atomic mass is 16.6. The molecule has 0 bridgehead atoms. The zero-order chi connectivity index (χ0) is 13.2. The molecule has 0 amide bonds. The van der Waals surface area contributed by atoms with Crippen LogP contribution >= 0.6 is 0 Å². The number of nitro groups is 1. The van der Waals surface area contributed by atoms with Gasteiger partial charge < -0.3 is 14.7 Å². The lowest BCUT2D eigenvalue weighted by molar-refractivity contribution is -0.385. The van der Waals surface area contributed by atoms with E-state index in [4.69, 9.17) is 0 Å². The molecule has 0 aromatic carbocycles. The van der Waals surface area contributed by atoms with Crippen molar-refractivity contribution < 1.29 is 29.2 Å². The Morgan fingerprint density at radius 1 is 1.35 bits per heavy atom. The van der Waals surface area contributed by atoms with Crippen molar-refractivity contribution in [2.24, 2.45) is 0 Å². The molecule has 0 saturated heterocycles. The Labute approximate surface area is 93.4 Å². The average molecular weight is 245 g/mol. The van der Waals surface area contributed by atoms with E-state index in [1.165, 1.54) is 0 Å². The first kappa shape index (κ1) is 12.4. The van der Waals surface area contributed by atoms with Crippen LogP contribution in [0.3, 0.4) is 0 Å². The summed E-state index contributed by atoms with van der Waals surface area (Å²) < 4.78 is 8.44. The van der Waals surface area contributed by atoms with Crippen LogP contribution in [0.15, 0.2) is 0 Å². The number of esters is 2. The van der Waals surface area contributed by atoms with Gasteiger partial charge in [0.05, 0.1) is 19.1 Å². The molecular weight excluding hydrogens is 238 g/mol. The fraction of sp³-hybridized carbons (Fsp3) is 0.286. The van der Waals surface area contributed by atoms with Crippen molar-refractivity contribution in [3.63, 3.8) is 0 Å². The van der Waals surface area contributed by atoms with Crippen LogP contribution in [-0.4, -0.2) is 46.2 Å². The normalized spacial score (nSPS) is 9.76. The summed E-state index contributed by atoms with van der Waals surface area (Å²) in [6.07, 6.45) is 0. The average Bonchev–Trinajstić information content (AvgIpc) is 2.64. The summed E-state index contributed by atoms with van der Waals surface area (Å²) >= 11 is 0. The maximum atomic E-state index is 11.2. The lowest BCUT2D eigenvalue weighted by atomic mass is 10.3. The molecule has 0 spiro atoms. The van der Waals surface area contributed by atoms with Gasteiger partial charge in [-0.1, -0.05) is 4.85 Å². The fourth-order valence-electron chi connectivity index (χ4n) is 1.08. The second-order valence-corrected chi connectivity index (χ2v) is 2.68. The molecule has 1 aromatic heterocycles. The van der Waals surface area contributed by atoms with Gasteiger partial charge >= 0.3 is 17.6 Å². The molecule has 10 heteroatoms. The van der Waals surface area contributed by atoms with E-state index in [-0.39, 0.29) is 4.85 Å². The molecule has 10 nitrogen and oxygen atoms in total. The number of carbonyl (C=O) groups excluding carboxylic acids is 2. The minimum Gasteiger partial charge on any atom is -0.464 e. The molecule has 0 aliphatic heterocycles. The van der Waals surface area contributed by atoms with Gasteiger partial charge in [-0.15, -0.1) is 5.10 Å². The highest BCUT2D eigenvalue weighted by Gasteiger charge is 2.37. The van der Waals surface area contributed by atoms with Crippen molar-refractivity contribution in [1.82, 2.24) is 9.94 Å². The van der Waals surface area contributed by atoms with Crippen LogP contribution in [0.2, 0.25) is 0 Å². The predicted octanol–water partition coefficient (Wildman–Crippen LogP) is -0.398. The molecule has 0 fully saturated rings. The molecule has 17 heavy (non-hydrogen) atoms. The molecular formula is C7H7N3O7. The zero-order valence-electron chi connectivity index (χ0n) is 8.74. The lowest BCUT2D eigenvalue weighted by Crippen LogP contribution is -2.11. The Kier molecular flexibility index (Phi) is 3.26. The third-order valence-corrected chi connectivity index (χ3v) is 1.78. The van der Waals surface area contributed by atoms with Crippen LogP contribution in [-0.2, 0) is 9.47 Å². The van der Waals surface area contributed by atoms with E-state index in [2.05, 4.69) is 14.6 Å². The lowest BCUT2D eigenvalue weighted by Gasteiger charge is -1.96. The van der Waals surface area contributed by atoms with Crippen LogP contribution in [0.25, 0.3) is 0 Å². The van der Waals surface area contributed by atoms with Gasteiger partial charge in [-0.25, -0.2) is 9.59 Å². The second kappa shape index (κ2) is 4.47. The van der Waals surface area contributed by atoms with Crippen LogP contribution in [0.4, 0.5) is 5.69 Å². The minimum absolute atomic E-state index is 0.101. The van der Waals surface area contributed by atoms with Gasteiger partial charge in [0.1, 0.15) is 0 Å². The molecule has 0 radical (unpaired) electrons. The summed E-state index contributed by atoms with van der Waals surface area (Å²) in [6, 6.07) is 0. The van der Waals surface area contributed by atoms with Crippen LogP contribution in [0, 0.1) is 10.1 Å². The highest BCUT2D eigenvalue weighted by Crippen LogP contribution is 2.24. The zero-order valence-corrected chi connectivity index (χ0v) is 8.74. The Bertz CT molecular complexity index is 492. The highest BCUT2D eigenvalue weighted by molar-refractivity contribution is 5.99. The Hall–Kier alpha value is -2.65. The monoisotopic (exact) mass is 245 g/mol. The maximum Gasteiger partial charge on any atom is 0.367 e. The van der Waals surface area contributed by atoms with Crippen molar-refractivity contribution in [2.75, 3.05) is 14.2 Å². The molecule has 1 rings (SSSR count). The van der Waals surface area contributed by atoms with Crippen LogP contribution in [0.5, 0.6) is 0 Å². The van der Waals surface area contributed by atoms with E-state index in [1.54, 1.807) is 0 Å². The number of carbonyl (C=O) groups is 2. The van der Waals surface area contributed by atoms with E-state index >= 15 is 0 Å². The first-order chi connectivity index (χ1) is 7.93. The Balaban J connectivity index is 3.50. The van der Waals surface area contributed by atoms with Gasteiger partial charge in [-0.05, 0) is 0 Å². The summed E-state index contributed by atoms with van der Waals surface area (Å²) in [5, 5.41) is 23.0. The van der Waals surface area contributed by atoms with Crippen molar-refractivity contribution >= 4 is 17.6 Å². The summed E-state index contributed by atoms with van der Waals surface area (Å²) in [5.41, 5.74) is -2.63. The molecule has 1 aromatic rings. The summed E-state index contributed by atoms with van der Waals surface area (Å²) in [5.74, 6) is -2.36. The number of rotatable bonds is 3. The summed E-state index contributed by atoms with van der Waals surface area (Å²) in [7, 11) is 1.93. The Morgan fingerprint density at radius 3 is 2.29 bits per heavy atom. The van der Waals surface area contributed by atoms with Gasteiger partial charge in [0, 0.05) is 0 Å². The molecule has 92 valence electrons. The number of nitrogens with zero attached hydrogens (tertiary/aromatic N) is 3. The molecule has 0 atom stereocenters. The SMILES string of the molecule is COC(=O)c1nn(O)c(C(=O)OC)c1[N+](=O)[O-]. The standard InChI is InChI=1S/C7H7N3O7/c1-16-6(11)3-4(10(14)15)5(7(12)17-2)9(13)8-3/h13H,1-2H3. The topological polar surface area (TPSA) is 134 Å². The minimum atomic E-state index is -1.21. The number of ether oxygens (including phenoxy) is 2. The van der Waals surface area contributed by atoms with Crippen molar-refractivity contribution in [3.05, 3.63) is 21.5 Å². The van der Waals surface area contributed by atoms with Crippen molar-refractivity contribution in [2.45, 2.75) is 0 Å². The number of aromatic nitrogens is 2.